The lowest BCUT2D eigenvalue weighted by Crippen LogP contribution is -1.90. The summed E-state index contributed by atoms with van der Waals surface area (Å²) in [4.78, 5) is 9.10. The van der Waals surface area contributed by atoms with Crippen molar-refractivity contribution < 1.29 is 9.52 Å². The van der Waals surface area contributed by atoms with Gasteiger partial charge in [-0.2, -0.15) is 0 Å². The van der Waals surface area contributed by atoms with E-state index in [0.717, 1.165) is 34.3 Å². The Morgan fingerprint density at radius 3 is 2.63 bits per heavy atom. The molecule has 3 aromatic carbocycles. The van der Waals surface area contributed by atoms with Gasteiger partial charge in [0.2, 0.25) is 5.89 Å². The van der Waals surface area contributed by atoms with Crippen molar-refractivity contribution in [3.8, 4) is 17.2 Å². The second-order valence-corrected chi connectivity index (χ2v) is 7.95. The molecule has 1 N–H and O–H groups in total. The summed E-state index contributed by atoms with van der Waals surface area (Å²) < 4.78 is 5.94. The minimum atomic E-state index is 0.0332. The Hall–Kier alpha value is -3.11. The molecule has 5 heteroatoms. The highest BCUT2D eigenvalue weighted by Crippen LogP contribution is 2.30. The zero-order valence-electron chi connectivity index (χ0n) is 17.2. The second-order valence-electron chi connectivity index (χ2n) is 7.55. The van der Waals surface area contributed by atoms with Crippen LogP contribution in [0.2, 0.25) is 5.02 Å². The van der Waals surface area contributed by atoms with Gasteiger partial charge in [-0.1, -0.05) is 31.5 Å². The number of fused-ring (bicyclic) bond motifs is 1. The molecule has 1 atom stereocenters. The standard InChI is InChI=1S/C25H23ClN2O2/c1-4-16(3)18-7-10-23-22(13-18)28-25(30-23)17-5-8-20(9-6-17)27-14-19-11-15(2)12-21(26)24(19)29/h5-14,16,29H,4H2,1-3H3/t16-/m1/s1. The van der Waals surface area contributed by atoms with E-state index < -0.39 is 0 Å². The van der Waals surface area contributed by atoms with Gasteiger partial charge in [0.25, 0.3) is 0 Å². The maximum atomic E-state index is 10.1. The maximum Gasteiger partial charge on any atom is 0.227 e. The number of hydrogen-bond donors (Lipinski definition) is 1. The van der Waals surface area contributed by atoms with Crippen molar-refractivity contribution in [3.05, 3.63) is 76.3 Å². The van der Waals surface area contributed by atoms with Gasteiger partial charge in [0.15, 0.2) is 5.58 Å². The van der Waals surface area contributed by atoms with Crippen molar-refractivity contribution in [1.29, 1.82) is 0 Å². The molecule has 0 fully saturated rings. The van der Waals surface area contributed by atoms with E-state index in [2.05, 4.69) is 36.0 Å². The van der Waals surface area contributed by atoms with E-state index in [1.54, 1.807) is 12.3 Å². The fourth-order valence-electron chi connectivity index (χ4n) is 3.30. The van der Waals surface area contributed by atoms with Gasteiger partial charge in [-0.05, 0) is 78.9 Å². The lowest BCUT2D eigenvalue weighted by Gasteiger charge is -2.07. The predicted octanol–water partition coefficient (Wildman–Crippen LogP) is 7.43. The summed E-state index contributed by atoms with van der Waals surface area (Å²) in [5.41, 5.74) is 6.11. The van der Waals surface area contributed by atoms with Crippen LogP contribution in [0, 0.1) is 6.92 Å². The molecule has 4 rings (SSSR count). The Morgan fingerprint density at radius 2 is 1.90 bits per heavy atom. The second kappa shape index (κ2) is 8.33. The fraction of sp³-hybridized carbons (Fsp3) is 0.200. The zero-order chi connectivity index (χ0) is 21.3. The van der Waals surface area contributed by atoms with Gasteiger partial charge in [0, 0.05) is 17.3 Å². The highest BCUT2D eigenvalue weighted by Gasteiger charge is 2.11. The molecule has 0 radical (unpaired) electrons. The average Bonchev–Trinajstić information content (AvgIpc) is 3.18. The van der Waals surface area contributed by atoms with Crippen LogP contribution in [0.3, 0.4) is 0 Å². The molecule has 4 aromatic rings. The molecule has 152 valence electrons. The summed E-state index contributed by atoms with van der Waals surface area (Å²) in [6.07, 6.45) is 2.70. The van der Waals surface area contributed by atoms with Crippen molar-refractivity contribution in [2.24, 2.45) is 4.99 Å². The molecule has 0 bridgehead atoms. The molecule has 0 aliphatic rings. The van der Waals surface area contributed by atoms with Crippen LogP contribution in [-0.2, 0) is 0 Å². The fourth-order valence-corrected chi connectivity index (χ4v) is 3.59. The van der Waals surface area contributed by atoms with Crippen LogP contribution in [0.1, 0.15) is 42.9 Å². The smallest absolute Gasteiger partial charge is 0.227 e. The largest absolute Gasteiger partial charge is 0.506 e. The molecule has 1 aromatic heterocycles. The summed E-state index contributed by atoms with van der Waals surface area (Å²) in [6, 6.07) is 17.4. The number of nitrogens with zero attached hydrogens (tertiary/aromatic N) is 2. The number of aliphatic imine (C=N–C) groups is 1. The number of aromatic nitrogens is 1. The van der Waals surface area contributed by atoms with Gasteiger partial charge in [-0.3, -0.25) is 4.99 Å². The first-order chi connectivity index (χ1) is 14.4. The van der Waals surface area contributed by atoms with Crippen molar-refractivity contribution in [2.45, 2.75) is 33.1 Å². The van der Waals surface area contributed by atoms with Crippen LogP contribution in [0.25, 0.3) is 22.6 Å². The Balaban J connectivity index is 1.58. The quantitative estimate of drug-likeness (QED) is 0.343. The summed E-state index contributed by atoms with van der Waals surface area (Å²) in [7, 11) is 0. The molecular weight excluding hydrogens is 396 g/mol. The maximum absolute atomic E-state index is 10.1. The van der Waals surface area contributed by atoms with E-state index in [9.17, 15) is 5.11 Å². The van der Waals surface area contributed by atoms with Gasteiger partial charge in [0.05, 0.1) is 10.7 Å². The monoisotopic (exact) mass is 418 g/mol. The van der Waals surface area contributed by atoms with Crippen LogP contribution >= 0.6 is 11.6 Å². The molecule has 1 heterocycles. The number of halogens is 1. The van der Waals surface area contributed by atoms with E-state index in [4.69, 9.17) is 16.0 Å². The summed E-state index contributed by atoms with van der Waals surface area (Å²) >= 11 is 6.03. The SMILES string of the molecule is CC[C@@H](C)c1ccc2oc(-c3ccc(N=Cc4cc(C)cc(Cl)c4O)cc3)nc2c1. The number of phenols is 1. The predicted molar refractivity (Wildman–Crippen MR) is 123 cm³/mol. The summed E-state index contributed by atoms with van der Waals surface area (Å²) in [6.45, 7) is 6.32. The zero-order valence-corrected chi connectivity index (χ0v) is 17.9. The number of aryl methyl sites for hydroxylation is 1. The third-order valence-corrected chi connectivity index (χ3v) is 5.59. The minimum absolute atomic E-state index is 0.0332. The molecule has 30 heavy (non-hydrogen) atoms. The molecule has 0 unspecified atom stereocenters. The van der Waals surface area contributed by atoms with Gasteiger partial charge < -0.3 is 9.52 Å². The average molecular weight is 419 g/mol. The first kappa shape index (κ1) is 20.2. The Kier molecular flexibility index (Phi) is 5.60. The summed E-state index contributed by atoms with van der Waals surface area (Å²) in [5.74, 6) is 1.12. The lowest BCUT2D eigenvalue weighted by atomic mass is 9.98. The summed E-state index contributed by atoms with van der Waals surface area (Å²) in [5, 5.41) is 10.4. The van der Waals surface area contributed by atoms with E-state index in [1.165, 1.54) is 5.56 Å². The number of oxazole rings is 1. The molecule has 0 amide bonds. The molecule has 0 aliphatic heterocycles. The third kappa shape index (κ3) is 4.10. The first-order valence-corrected chi connectivity index (χ1v) is 10.4. The highest BCUT2D eigenvalue weighted by atomic mass is 35.5. The number of phenolic OH excluding ortho intramolecular Hbond substituents is 1. The first-order valence-electron chi connectivity index (χ1n) is 9.98. The van der Waals surface area contributed by atoms with Gasteiger partial charge >= 0.3 is 0 Å². The van der Waals surface area contributed by atoms with Gasteiger partial charge in [-0.25, -0.2) is 4.98 Å². The van der Waals surface area contributed by atoms with Crippen LogP contribution in [0.5, 0.6) is 5.75 Å². The van der Waals surface area contributed by atoms with Crippen LogP contribution in [0.15, 0.2) is 64.0 Å². The van der Waals surface area contributed by atoms with Crippen molar-refractivity contribution in [1.82, 2.24) is 4.98 Å². The normalized spacial score (nSPS) is 12.7. The van der Waals surface area contributed by atoms with Crippen molar-refractivity contribution in [3.63, 3.8) is 0 Å². The van der Waals surface area contributed by atoms with E-state index >= 15 is 0 Å². The molecular formula is C25H23ClN2O2. The topological polar surface area (TPSA) is 58.6 Å². The number of rotatable bonds is 5. The van der Waals surface area contributed by atoms with E-state index in [0.29, 0.717) is 22.4 Å². The molecule has 0 saturated heterocycles. The molecule has 4 nitrogen and oxygen atoms in total. The lowest BCUT2D eigenvalue weighted by molar-refractivity contribution is 0.474. The Labute approximate surface area is 180 Å². The Morgan fingerprint density at radius 1 is 1.13 bits per heavy atom. The van der Waals surface area contributed by atoms with Crippen LogP contribution in [0.4, 0.5) is 5.69 Å². The number of benzene rings is 3. The molecule has 0 aliphatic carbocycles. The minimum Gasteiger partial charge on any atom is -0.506 e. The number of aromatic hydroxyl groups is 1. The van der Waals surface area contributed by atoms with Crippen LogP contribution < -0.4 is 0 Å². The van der Waals surface area contributed by atoms with Gasteiger partial charge in [0.1, 0.15) is 11.3 Å². The highest BCUT2D eigenvalue weighted by molar-refractivity contribution is 6.32. The van der Waals surface area contributed by atoms with E-state index in [1.807, 2.05) is 43.3 Å². The number of hydrogen-bond acceptors (Lipinski definition) is 4. The molecule has 0 spiro atoms. The Bertz CT molecular complexity index is 1230. The van der Waals surface area contributed by atoms with E-state index in [-0.39, 0.29) is 5.75 Å². The van der Waals surface area contributed by atoms with Gasteiger partial charge in [-0.15, -0.1) is 0 Å². The van der Waals surface area contributed by atoms with Crippen LogP contribution in [-0.4, -0.2) is 16.3 Å². The van der Waals surface area contributed by atoms with Crippen molar-refractivity contribution >= 4 is 34.6 Å². The third-order valence-electron chi connectivity index (χ3n) is 5.30. The molecule has 0 saturated carbocycles. The van der Waals surface area contributed by atoms with Crippen molar-refractivity contribution in [2.75, 3.05) is 0 Å².